The summed E-state index contributed by atoms with van der Waals surface area (Å²) in [5, 5.41) is 21.5. The molecule has 7 nitrogen and oxygen atoms in total. The Balaban J connectivity index is 2.10. The molecule has 23 heavy (non-hydrogen) atoms. The number of hydrogen-bond donors (Lipinski definition) is 5. The van der Waals surface area contributed by atoms with Crippen molar-refractivity contribution in [3.63, 3.8) is 0 Å². The summed E-state index contributed by atoms with van der Waals surface area (Å²) in [5.41, 5.74) is 1.25. The molecule has 0 amide bonds. The predicted molar refractivity (Wildman–Crippen MR) is 83.4 cm³/mol. The van der Waals surface area contributed by atoms with E-state index >= 15 is 0 Å². The second-order valence-electron chi connectivity index (χ2n) is 5.29. The zero-order valence-electron chi connectivity index (χ0n) is 12.2. The van der Waals surface area contributed by atoms with Crippen LogP contribution >= 0.6 is 7.75 Å². The molecule has 0 saturated heterocycles. The Hall–Kier alpha value is -1.92. The Morgan fingerprint density at radius 2 is 1.83 bits per heavy atom. The number of hydrogen-bond acceptors (Lipinski definition) is 4. The van der Waals surface area contributed by atoms with Gasteiger partial charge in [0.2, 0.25) is 0 Å². The molecule has 0 radical (unpaired) electrons. The first kappa shape index (κ1) is 17.4. The number of aliphatic hydroxyl groups is 1. The van der Waals surface area contributed by atoms with Gasteiger partial charge in [-0.05, 0) is 36.6 Å². The van der Waals surface area contributed by atoms with Crippen LogP contribution in [-0.4, -0.2) is 31.9 Å². The summed E-state index contributed by atoms with van der Waals surface area (Å²) in [6, 6.07) is 6.54. The van der Waals surface area contributed by atoms with E-state index in [-0.39, 0.29) is 23.7 Å². The summed E-state index contributed by atoms with van der Waals surface area (Å²) in [7, 11) is -4.55. The molecule has 0 spiro atoms. The van der Waals surface area contributed by atoms with E-state index in [9.17, 15) is 19.6 Å². The third kappa shape index (κ3) is 5.33. The van der Waals surface area contributed by atoms with Crippen LogP contribution in [0.1, 0.15) is 18.4 Å². The van der Waals surface area contributed by atoms with Gasteiger partial charge in [0.05, 0.1) is 12.5 Å². The van der Waals surface area contributed by atoms with Crippen molar-refractivity contribution in [3.05, 3.63) is 53.3 Å². The number of carbonyl (C=O) groups excluding carboxylic acids is 1. The van der Waals surface area contributed by atoms with Gasteiger partial charge in [0.1, 0.15) is 5.75 Å². The third-order valence-electron chi connectivity index (χ3n) is 3.43. The van der Waals surface area contributed by atoms with E-state index in [0.717, 1.165) is 5.56 Å². The number of nitrogens with one attached hydrogen (secondary N) is 1. The maximum atomic E-state index is 11.4. The summed E-state index contributed by atoms with van der Waals surface area (Å²) < 4.78 is 11.1. The molecule has 0 bridgehead atoms. The fraction of sp³-hybridized carbons (Fsp3) is 0.267. The third-order valence-corrected chi connectivity index (χ3v) is 3.99. The molecule has 124 valence electrons. The van der Waals surface area contributed by atoms with Crippen molar-refractivity contribution in [2.45, 2.75) is 25.4 Å². The molecular formula is C15H18NO6P. The summed E-state index contributed by atoms with van der Waals surface area (Å²) in [4.78, 5) is 29.4. The van der Waals surface area contributed by atoms with Crippen LogP contribution in [0.5, 0.6) is 5.75 Å². The first-order valence-corrected chi connectivity index (χ1v) is 8.59. The lowest BCUT2D eigenvalue weighted by Gasteiger charge is -2.21. The standard InChI is InChI=1S/C15H18NO6P/c17-11-4-1-10(2-5-11)3-8-15(19)13-7-6-12(18)9-14(13)16-23(20,21)22/h1-2,4-7,15,17,19H,3,8-9H2,(H3,16,20,21,22). The summed E-state index contributed by atoms with van der Waals surface area (Å²) in [6.07, 6.45) is 2.32. The summed E-state index contributed by atoms with van der Waals surface area (Å²) >= 11 is 0. The van der Waals surface area contributed by atoms with E-state index < -0.39 is 13.9 Å². The first-order chi connectivity index (χ1) is 10.7. The number of ketones is 1. The van der Waals surface area contributed by atoms with Gasteiger partial charge in [-0.1, -0.05) is 18.2 Å². The minimum absolute atomic E-state index is 0.0454. The Bertz CT molecular complexity index is 688. The SMILES string of the molecule is O=C1C=CC(C(O)CCc2ccc(O)cc2)=C(NP(=O)(O)O)C1. The number of phenols is 1. The highest BCUT2D eigenvalue weighted by Crippen LogP contribution is 2.34. The Morgan fingerprint density at radius 3 is 2.43 bits per heavy atom. The molecule has 2 rings (SSSR count). The van der Waals surface area contributed by atoms with Crippen LogP contribution in [0.2, 0.25) is 0 Å². The Kier molecular flexibility index (Phi) is 5.38. The molecule has 1 unspecified atom stereocenters. The average molecular weight is 339 g/mol. The van der Waals surface area contributed by atoms with Crippen molar-refractivity contribution in [3.8, 4) is 5.75 Å². The van der Waals surface area contributed by atoms with Gasteiger partial charge in [-0.2, -0.15) is 0 Å². The van der Waals surface area contributed by atoms with Crippen LogP contribution in [0.25, 0.3) is 0 Å². The monoisotopic (exact) mass is 339 g/mol. The van der Waals surface area contributed by atoms with Gasteiger partial charge >= 0.3 is 7.75 Å². The predicted octanol–water partition coefficient (Wildman–Crippen LogP) is 1.15. The highest BCUT2D eigenvalue weighted by atomic mass is 31.2. The molecule has 0 aliphatic heterocycles. The lowest BCUT2D eigenvalue weighted by atomic mass is 9.94. The number of aromatic hydroxyl groups is 1. The van der Waals surface area contributed by atoms with Crippen LogP contribution < -0.4 is 5.09 Å². The Morgan fingerprint density at radius 1 is 1.17 bits per heavy atom. The van der Waals surface area contributed by atoms with E-state index in [0.29, 0.717) is 18.4 Å². The minimum atomic E-state index is -4.55. The van der Waals surface area contributed by atoms with Gasteiger partial charge in [0.25, 0.3) is 0 Å². The summed E-state index contributed by atoms with van der Waals surface area (Å²) in [6.45, 7) is 0. The maximum Gasteiger partial charge on any atom is 0.427 e. The van der Waals surface area contributed by atoms with Crippen molar-refractivity contribution in [1.29, 1.82) is 0 Å². The van der Waals surface area contributed by atoms with E-state index in [2.05, 4.69) is 0 Å². The van der Waals surface area contributed by atoms with Crippen LogP contribution in [0.3, 0.4) is 0 Å². The van der Waals surface area contributed by atoms with E-state index in [1.165, 1.54) is 12.2 Å². The molecule has 0 aromatic heterocycles. The fourth-order valence-corrected chi connectivity index (χ4v) is 2.89. The minimum Gasteiger partial charge on any atom is -0.508 e. The number of phenolic OH excluding ortho intramolecular Hbond substituents is 1. The number of aryl methyl sites for hydroxylation is 1. The molecule has 8 heteroatoms. The molecular weight excluding hydrogens is 321 g/mol. The van der Waals surface area contributed by atoms with Crippen molar-refractivity contribution < 1.29 is 29.4 Å². The van der Waals surface area contributed by atoms with Crippen LogP contribution in [0, 0.1) is 0 Å². The van der Waals surface area contributed by atoms with E-state index in [4.69, 9.17) is 9.79 Å². The van der Waals surface area contributed by atoms with Gasteiger partial charge in [-0.15, -0.1) is 0 Å². The average Bonchev–Trinajstić information content (AvgIpc) is 2.45. The van der Waals surface area contributed by atoms with E-state index in [1.807, 2.05) is 5.09 Å². The van der Waals surface area contributed by atoms with Crippen molar-refractivity contribution in [2.24, 2.45) is 0 Å². The van der Waals surface area contributed by atoms with Crippen LogP contribution in [-0.2, 0) is 15.8 Å². The normalized spacial score (nSPS) is 16.6. The Labute approximate surface area is 133 Å². The zero-order valence-corrected chi connectivity index (χ0v) is 13.1. The number of carbonyl (C=O) groups is 1. The van der Waals surface area contributed by atoms with Gasteiger partial charge in [-0.3, -0.25) is 9.88 Å². The molecule has 1 aromatic rings. The second kappa shape index (κ2) is 7.10. The lowest BCUT2D eigenvalue weighted by molar-refractivity contribution is -0.114. The van der Waals surface area contributed by atoms with Crippen molar-refractivity contribution in [2.75, 3.05) is 0 Å². The highest BCUT2D eigenvalue weighted by Gasteiger charge is 2.24. The molecule has 0 heterocycles. The van der Waals surface area contributed by atoms with Gasteiger partial charge in [0, 0.05) is 11.3 Å². The fourth-order valence-electron chi connectivity index (χ4n) is 2.33. The lowest BCUT2D eigenvalue weighted by Crippen LogP contribution is -2.23. The smallest absolute Gasteiger partial charge is 0.427 e. The largest absolute Gasteiger partial charge is 0.508 e. The molecule has 0 saturated carbocycles. The number of aliphatic hydroxyl groups excluding tert-OH is 1. The highest BCUT2D eigenvalue weighted by molar-refractivity contribution is 7.49. The van der Waals surface area contributed by atoms with Gasteiger partial charge < -0.3 is 20.0 Å². The van der Waals surface area contributed by atoms with Crippen molar-refractivity contribution >= 4 is 13.5 Å². The second-order valence-corrected chi connectivity index (χ2v) is 6.60. The van der Waals surface area contributed by atoms with E-state index in [1.54, 1.807) is 24.3 Å². The van der Waals surface area contributed by atoms with Gasteiger partial charge in [0.15, 0.2) is 5.78 Å². The number of allylic oxidation sites excluding steroid dienone is 2. The zero-order chi connectivity index (χ0) is 17.0. The molecule has 1 aromatic carbocycles. The molecule has 5 N–H and O–H groups in total. The molecule has 0 fully saturated rings. The molecule has 1 aliphatic carbocycles. The van der Waals surface area contributed by atoms with Gasteiger partial charge in [-0.25, -0.2) is 4.57 Å². The van der Waals surface area contributed by atoms with Crippen molar-refractivity contribution in [1.82, 2.24) is 5.09 Å². The molecule has 1 aliphatic rings. The molecule has 1 atom stereocenters. The van der Waals surface area contributed by atoms with Crippen LogP contribution in [0.15, 0.2) is 47.7 Å². The number of rotatable bonds is 6. The topological polar surface area (TPSA) is 127 Å². The quantitative estimate of drug-likeness (QED) is 0.492. The number of benzene rings is 1. The van der Waals surface area contributed by atoms with Crippen LogP contribution in [0.4, 0.5) is 0 Å². The maximum absolute atomic E-state index is 11.4. The summed E-state index contributed by atoms with van der Waals surface area (Å²) in [5.74, 6) is -0.144. The first-order valence-electron chi connectivity index (χ1n) is 6.98.